The minimum absolute atomic E-state index is 0.360. The molecule has 0 unspecified atom stereocenters. The molecular formula is C24H30ClNO. The third-order valence-electron chi connectivity index (χ3n) is 6.18. The Labute approximate surface area is 168 Å². The molecule has 2 nitrogen and oxygen atoms in total. The molecule has 1 saturated heterocycles. The van der Waals surface area contributed by atoms with Gasteiger partial charge in [0, 0.05) is 23.8 Å². The van der Waals surface area contributed by atoms with Gasteiger partial charge in [0.15, 0.2) is 0 Å². The van der Waals surface area contributed by atoms with Crippen molar-refractivity contribution in [3.05, 3.63) is 64.7 Å². The predicted octanol–water partition coefficient (Wildman–Crippen LogP) is 6.57. The number of rotatable bonds is 5. The molecule has 1 saturated carbocycles. The van der Waals surface area contributed by atoms with Crippen LogP contribution in [-0.4, -0.2) is 19.2 Å². The number of ether oxygens (including phenoxy) is 1. The van der Waals surface area contributed by atoms with E-state index in [4.69, 9.17) is 16.3 Å². The van der Waals surface area contributed by atoms with E-state index in [1.54, 1.807) is 5.56 Å². The van der Waals surface area contributed by atoms with Crippen molar-refractivity contribution in [1.29, 1.82) is 0 Å². The van der Waals surface area contributed by atoms with E-state index in [0.29, 0.717) is 12.7 Å². The molecule has 2 fully saturated rings. The van der Waals surface area contributed by atoms with Crippen LogP contribution in [-0.2, 0) is 11.3 Å². The van der Waals surface area contributed by atoms with E-state index < -0.39 is 0 Å². The zero-order valence-corrected chi connectivity index (χ0v) is 16.8. The van der Waals surface area contributed by atoms with Gasteiger partial charge in [-0.05, 0) is 67.0 Å². The van der Waals surface area contributed by atoms with E-state index in [9.17, 15) is 0 Å². The van der Waals surface area contributed by atoms with Crippen LogP contribution in [0, 0.1) is 0 Å². The number of anilines is 1. The van der Waals surface area contributed by atoms with Crippen LogP contribution in [0.4, 0.5) is 5.69 Å². The molecule has 2 aromatic rings. The van der Waals surface area contributed by atoms with Gasteiger partial charge in [0.2, 0.25) is 0 Å². The maximum absolute atomic E-state index is 6.12. The Morgan fingerprint density at radius 3 is 2.15 bits per heavy atom. The van der Waals surface area contributed by atoms with E-state index in [2.05, 4.69) is 29.2 Å². The summed E-state index contributed by atoms with van der Waals surface area (Å²) in [7, 11) is 0. The summed E-state index contributed by atoms with van der Waals surface area (Å²) in [6, 6.07) is 17.4. The largest absolute Gasteiger partial charge is 0.373 e. The van der Waals surface area contributed by atoms with Crippen LogP contribution in [0.25, 0.3) is 0 Å². The van der Waals surface area contributed by atoms with Gasteiger partial charge in [-0.2, -0.15) is 0 Å². The number of benzene rings is 2. The van der Waals surface area contributed by atoms with E-state index in [1.807, 2.05) is 24.3 Å². The third kappa shape index (κ3) is 5.06. The molecule has 3 heteroatoms. The second-order valence-electron chi connectivity index (χ2n) is 8.05. The number of piperidine rings is 1. The lowest BCUT2D eigenvalue weighted by Crippen LogP contribution is -2.37. The first-order chi connectivity index (χ1) is 13.3. The van der Waals surface area contributed by atoms with Gasteiger partial charge < -0.3 is 9.64 Å². The standard InChI is InChI=1S/C24H30ClNO/c25-22-10-6-19(7-11-22)18-27-24-14-16-26(17-15-24)23-12-8-21(9-13-23)20-4-2-1-3-5-20/h6-13,20,24H,1-5,14-18H2. The Hall–Kier alpha value is -1.51. The summed E-state index contributed by atoms with van der Waals surface area (Å²) < 4.78 is 6.12. The van der Waals surface area contributed by atoms with Crippen LogP contribution in [0.15, 0.2) is 48.5 Å². The van der Waals surface area contributed by atoms with Crippen LogP contribution < -0.4 is 4.90 Å². The zero-order chi connectivity index (χ0) is 18.5. The first-order valence-electron chi connectivity index (χ1n) is 10.5. The van der Waals surface area contributed by atoms with Crippen LogP contribution in [0.3, 0.4) is 0 Å². The highest BCUT2D eigenvalue weighted by atomic mass is 35.5. The highest BCUT2D eigenvalue weighted by Gasteiger charge is 2.21. The summed E-state index contributed by atoms with van der Waals surface area (Å²) in [6.07, 6.45) is 9.51. The monoisotopic (exact) mass is 383 g/mol. The van der Waals surface area contributed by atoms with Crippen molar-refractivity contribution in [2.24, 2.45) is 0 Å². The van der Waals surface area contributed by atoms with Crippen molar-refractivity contribution in [2.75, 3.05) is 18.0 Å². The van der Waals surface area contributed by atoms with Crippen molar-refractivity contribution in [3.63, 3.8) is 0 Å². The number of hydrogen-bond donors (Lipinski definition) is 0. The Bertz CT molecular complexity index is 698. The SMILES string of the molecule is Clc1ccc(COC2CCN(c3ccc(C4CCCCC4)cc3)CC2)cc1. The van der Waals surface area contributed by atoms with Crippen LogP contribution >= 0.6 is 11.6 Å². The van der Waals surface area contributed by atoms with Crippen LogP contribution in [0.2, 0.25) is 5.02 Å². The van der Waals surface area contributed by atoms with Gasteiger partial charge in [-0.3, -0.25) is 0 Å². The van der Waals surface area contributed by atoms with Crippen LogP contribution in [0.1, 0.15) is 62.0 Å². The lowest BCUT2D eigenvalue weighted by atomic mass is 9.84. The van der Waals surface area contributed by atoms with Gasteiger partial charge in [-0.15, -0.1) is 0 Å². The fraction of sp³-hybridized carbons (Fsp3) is 0.500. The molecule has 4 rings (SSSR count). The summed E-state index contributed by atoms with van der Waals surface area (Å²) in [5.41, 5.74) is 4.10. The van der Waals surface area contributed by atoms with Crippen molar-refractivity contribution in [1.82, 2.24) is 0 Å². The van der Waals surface area contributed by atoms with Gasteiger partial charge in [0.05, 0.1) is 12.7 Å². The number of nitrogens with zero attached hydrogens (tertiary/aromatic N) is 1. The average molecular weight is 384 g/mol. The number of hydrogen-bond acceptors (Lipinski definition) is 2. The van der Waals surface area contributed by atoms with Gasteiger partial charge in [-0.25, -0.2) is 0 Å². The quantitative estimate of drug-likeness (QED) is 0.578. The van der Waals surface area contributed by atoms with Gasteiger partial charge in [0.1, 0.15) is 0 Å². The van der Waals surface area contributed by atoms with Crippen molar-refractivity contribution in [2.45, 2.75) is 63.6 Å². The highest BCUT2D eigenvalue weighted by Crippen LogP contribution is 2.33. The fourth-order valence-corrected chi connectivity index (χ4v) is 4.59. The van der Waals surface area contributed by atoms with E-state index in [-0.39, 0.29) is 0 Å². The summed E-state index contributed by atoms with van der Waals surface area (Å²) in [5, 5.41) is 0.779. The van der Waals surface area contributed by atoms with Gasteiger partial charge in [-0.1, -0.05) is 55.1 Å². The summed E-state index contributed by atoms with van der Waals surface area (Å²) >= 11 is 5.94. The van der Waals surface area contributed by atoms with Crippen molar-refractivity contribution >= 4 is 17.3 Å². The summed E-state index contributed by atoms with van der Waals surface area (Å²) in [4.78, 5) is 2.51. The molecule has 0 spiro atoms. The molecule has 1 heterocycles. The second-order valence-corrected chi connectivity index (χ2v) is 8.49. The van der Waals surface area contributed by atoms with Gasteiger partial charge >= 0.3 is 0 Å². The Morgan fingerprint density at radius 2 is 1.48 bits per heavy atom. The molecular weight excluding hydrogens is 354 g/mol. The maximum Gasteiger partial charge on any atom is 0.0720 e. The molecule has 0 bridgehead atoms. The topological polar surface area (TPSA) is 12.5 Å². The van der Waals surface area contributed by atoms with Crippen molar-refractivity contribution in [3.8, 4) is 0 Å². The molecule has 27 heavy (non-hydrogen) atoms. The van der Waals surface area contributed by atoms with Crippen molar-refractivity contribution < 1.29 is 4.74 Å². The fourth-order valence-electron chi connectivity index (χ4n) is 4.47. The minimum atomic E-state index is 0.360. The second kappa shape index (κ2) is 9.12. The lowest BCUT2D eigenvalue weighted by Gasteiger charge is -2.34. The molecule has 1 aliphatic carbocycles. The minimum Gasteiger partial charge on any atom is -0.373 e. The van der Waals surface area contributed by atoms with Crippen LogP contribution in [0.5, 0.6) is 0 Å². The molecule has 0 atom stereocenters. The summed E-state index contributed by atoms with van der Waals surface area (Å²) in [5.74, 6) is 0.791. The predicted molar refractivity (Wildman–Crippen MR) is 114 cm³/mol. The Morgan fingerprint density at radius 1 is 0.815 bits per heavy atom. The molecule has 0 radical (unpaired) electrons. The van der Waals surface area contributed by atoms with E-state index >= 15 is 0 Å². The van der Waals surface area contributed by atoms with Gasteiger partial charge in [0.25, 0.3) is 0 Å². The molecule has 0 amide bonds. The molecule has 2 aliphatic rings. The zero-order valence-electron chi connectivity index (χ0n) is 16.1. The Kier molecular flexibility index (Phi) is 6.36. The molecule has 1 aliphatic heterocycles. The maximum atomic E-state index is 6.12. The first-order valence-corrected chi connectivity index (χ1v) is 10.9. The molecule has 2 aromatic carbocycles. The lowest BCUT2D eigenvalue weighted by molar-refractivity contribution is 0.0251. The smallest absolute Gasteiger partial charge is 0.0720 e. The molecule has 144 valence electrons. The van der Waals surface area contributed by atoms with E-state index in [1.165, 1.54) is 43.4 Å². The van der Waals surface area contributed by atoms with E-state index in [0.717, 1.165) is 36.9 Å². The first kappa shape index (κ1) is 18.8. The third-order valence-corrected chi connectivity index (χ3v) is 6.43. The number of halogens is 1. The summed E-state index contributed by atoms with van der Waals surface area (Å²) in [6.45, 7) is 2.83. The normalized spacial score (nSPS) is 19.4. The molecule has 0 aromatic heterocycles. The average Bonchev–Trinajstić information content (AvgIpc) is 2.75. The molecule has 0 N–H and O–H groups in total. The highest BCUT2D eigenvalue weighted by molar-refractivity contribution is 6.30. The Balaban J connectivity index is 1.25.